The number of carbonyl (C=O) groups is 1. The van der Waals surface area contributed by atoms with Crippen LogP contribution < -0.4 is 29.8 Å². The molecule has 5 aromatic rings. The van der Waals surface area contributed by atoms with Crippen molar-refractivity contribution in [1.82, 2.24) is 14.9 Å². The van der Waals surface area contributed by atoms with Gasteiger partial charge in [-0.05, 0) is 92.7 Å². The van der Waals surface area contributed by atoms with Crippen LogP contribution in [-0.2, 0) is 12.8 Å². The number of aliphatic hydroxyl groups is 1. The van der Waals surface area contributed by atoms with Crippen LogP contribution in [0.25, 0.3) is 16.6 Å². The van der Waals surface area contributed by atoms with Gasteiger partial charge in [0.05, 0.1) is 31.9 Å². The molecule has 1 fully saturated rings. The molecule has 3 aromatic carbocycles. The predicted molar refractivity (Wildman–Crippen MR) is 190 cm³/mol. The van der Waals surface area contributed by atoms with Crippen molar-refractivity contribution < 1.29 is 37.6 Å². The van der Waals surface area contributed by atoms with Gasteiger partial charge in [-0.3, -0.25) is 19.1 Å². The number of rotatable bonds is 13. The maximum Gasteiger partial charge on any atom is 0.269 e. The number of carbonyl (C=O) groups excluding carboxylic acids is 1. The van der Waals surface area contributed by atoms with E-state index >= 15 is 4.39 Å². The number of nitrogens with one attached hydrogen (secondary N) is 1. The number of aromatic nitrogens is 2. The molecule has 0 bridgehead atoms. The van der Waals surface area contributed by atoms with Crippen LogP contribution in [0.3, 0.4) is 0 Å². The number of fused-ring (bicyclic) bond motifs is 2. The Balaban J connectivity index is 1.04. The van der Waals surface area contributed by atoms with Gasteiger partial charge >= 0.3 is 0 Å². The minimum atomic E-state index is -0.697. The molecular weight excluding hydrogens is 672 g/mol. The third kappa shape index (κ3) is 7.63. The SMILES string of the molecule is COc1cc2c(Oc3ccc(CC(=O)c4c5c(cn(-c6ccc(F)cc6)c4=O)CCO5)cc3F)ccnc2cc1OCCCNC1CCCC(O)C1. The van der Waals surface area contributed by atoms with E-state index in [0.29, 0.717) is 70.6 Å². The normalized spacial score (nSPS) is 16.7. The van der Waals surface area contributed by atoms with E-state index in [1.807, 2.05) is 0 Å². The zero-order chi connectivity index (χ0) is 36.2. The first kappa shape index (κ1) is 35.1. The average Bonchev–Trinajstić information content (AvgIpc) is 3.60. The van der Waals surface area contributed by atoms with E-state index in [2.05, 4.69) is 10.3 Å². The molecule has 0 amide bonds. The van der Waals surface area contributed by atoms with Gasteiger partial charge in [-0.15, -0.1) is 0 Å². The fraction of sp³-hybridized carbons (Fsp3) is 0.325. The van der Waals surface area contributed by atoms with Crippen molar-refractivity contribution in [2.24, 2.45) is 0 Å². The van der Waals surface area contributed by atoms with Gasteiger partial charge in [0, 0.05) is 54.0 Å². The van der Waals surface area contributed by atoms with Crippen LogP contribution >= 0.6 is 0 Å². The van der Waals surface area contributed by atoms with Crippen LogP contribution in [0.1, 0.15) is 53.6 Å². The summed E-state index contributed by atoms with van der Waals surface area (Å²) < 4.78 is 53.7. The van der Waals surface area contributed by atoms with Gasteiger partial charge in [0.2, 0.25) is 0 Å². The van der Waals surface area contributed by atoms with Crippen molar-refractivity contribution in [3.63, 3.8) is 0 Å². The first-order valence-electron chi connectivity index (χ1n) is 17.4. The maximum atomic E-state index is 15.5. The van der Waals surface area contributed by atoms with Crippen LogP contribution in [0.15, 0.2) is 77.9 Å². The van der Waals surface area contributed by atoms with E-state index in [0.717, 1.165) is 38.6 Å². The standard InChI is InChI=1S/C40H39F2N3O7/c1-49-36-21-30-32(22-37(36)50-16-3-14-43-27-4-2-5-29(46)20-27)44-15-12-34(30)52-35-11-6-24(18-31(35)42)19-33(47)38-39-25(13-17-51-39)23-45(40(38)48)28-9-7-26(41)8-10-28/h6-12,15,18,21-23,27,29,43,46H,2-5,13-14,16-17,19-20H2,1H3. The number of hydrogen-bond donors (Lipinski definition) is 2. The lowest BCUT2D eigenvalue weighted by molar-refractivity contribution is 0.0987. The Labute approximate surface area is 298 Å². The Morgan fingerprint density at radius 3 is 2.67 bits per heavy atom. The Morgan fingerprint density at radius 2 is 1.88 bits per heavy atom. The van der Waals surface area contributed by atoms with Crippen molar-refractivity contribution in [3.05, 3.63) is 112 Å². The summed E-state index contributed by atoms with van der Waals surface area (Å²) in [5.74, 6) is -0.177. The van der Waals surface area contributed by atoms with Crippen LogP contribution in [0.2, 0.25) is 0 Å². The van der Waals surface area contributed by atoms with E-state index in [1.165, 1.54) is 48.1 Å². The topological polar surface area (TPSA) is 121 Å². The molecule has 0 radical (unpaired) electrons. The lowest BCUT2D eigenvalue weighted by Gasteiger charge is -2.26. The largest absolute Gasteiger partial charge is 0.493 e. The van der Waals surface area contributed by atoms with Crippen molar-refractivity contribution in [2.45, 2.75) is 57.1 Å². The lowest BCUT2D eigenvalue weighted by Crippen LogP contribution is -2.36. The van der Waals surface area contributed by atoms with Crippen LogP contribution in [0, 0.1) is 11.6 Å². The molecule has 3 heterocycles. The van der Waals surface area contributed by atoms with E-state index in [9.17, 15) is 19.1 Å². The Kier molecular flexibility index (Phi) is 10.5. The molecule has 1 saturated carbocycles. The Morgan fingerprint density at radius 1 is 1.04 bits per heavy atom. The molecule has 12 heteroatoms. The summed E-state index contributed by atoms with van der Waals surface area (Å²) in [7, 11) is 1.54. The second-order valence-electron chi connectivity index (χ2n) is 13.1. The highest BCUT2D eigenvalue weighted by atomic mass is 19.1. The number of pyridine rings is 2. The number of ketones is 1. The van der Waals surface area contributed by atoms with E-state index in [-0.39, 0.29) is 29.6 Å². The molecule has 1 aliphatic carbocycles. The number of halogens is 2. The first-order chi connectivity index (χ1) is 25.3. The molecule has 2 atom stereocenters. The number of hydrogen-bond acceptors (Lipinski definition) is 9. The molecule has 1 aliphatic heterocycles. The number of nitrogens with zero attached hydrogens (tertiary/aromatic N) is 2. The van der Waals surface area contributed by atoms with Gasteiger partial charge in [-0.1, -0.05) is 6.07 Å². The smallest absolute Gasteiger partial charge is 0.269 e. The summed E-state index contributed by atoms with van der Waals surface area (Å²) in [6, 6.07) is 15.0. The Hall–Kier alpha value is -5.33. The fourth-order valence-electron chi connectivity index (χ4n) is 6.83. The molecule has 2 aromatic heterocycles. The summed E-state index contributed by atoms with van der Waals surface area (Å²) in [6.45, 7) is 1.53. The minimum Gasteiger partial charge on any atom is -0.493 e. The third-order valence-electron chi connectivity index (χ3n) is 9.46. The van der Waals surface area contributed by atoms with Crippen molar-refractivity contribution in [1.29, 1.82) is 0 Å². The third-order valence-corrected chi connectivity index (χ3v) is 9.46. The average molecular weight is 712 g/mol. The summed E-state index contributed by atoms with van der Waals surface area (Å²) >= 11 is 0. The molecule has 2 unspecified atom stereocenters. The van der Waals surface area contributed by atoms with Gasteiger partial charge in [-0.2, -0.15) is 0 Å². The lowest BCUT2D eigenvalue weighted by atomic mass is 9.93. The highest BCUT2D eigenvalue weighted by molar-refractivity contribution is 6.00. The maximum absolute atomic E-state index is 15.5. The number of methoxy groups -OCH3 is 1. The molecular formula is C40H39F2N3O7. The highest BCUT2D eigenvalue weighted by Crippen LogP contribution is 2.38. The molecule has 52 heavy (non-hydrogen) atoms. The summed E-state index contributed by atoms with van der Waals surface area (Å²) in [4.78, 5) is 31.6. The highest BCUT2D eigenvalue weighted by Gasteiger charge is 2.27. The van der Waals surface area contributed by atoms with Gasteiger partial charge in [0.25, 0.3) is 5.56 Å². The van der Waals surface area contributed by atoms with Crippen LogP contribution in [0.4, 0.5) is 8.78 Å². The van der Waals surface area contributed by atoms with Gasteiger partial charge in [-0.25, -0.2) is 8.78 Å². The second-order valence-corrected chi connectivity index (χ2v) is 13.1. The molecule has 7 rings (SSSR count). The minimum absolute atomic E-state index is 0.0661. The van der Waals surface area contributed by atoms with Gasteiger partial charge in [0.15, 0.2) is 28.8 Å². The monoisotopic (exact) mass is 711 g/mol. The summed E-state index contributed by atoms with van der Waals surface area (Å²) in [5.41, 5.74) is 1.28. The quantitative estimate of drug-likeness (QED) is 0.104. The summed E-state index contributed by atoms with van der Waals surface area (Å²) in [6.07, 6.45) is 7.69. The van der Waals surface area contributed by atoms with Crippen molar-refractivity contribution in [2.75, 3.05) is 26.9 Å². The van der Waals surface area contributed by atoms with E-state index < -0.39 is 23.0 Å². The first-order valence-corrected chi connectivity index (χ1v) is 17.4. The van der Waals surface area contributed by atoms with E-state index in [4.69, 9.17) is 18.9 Å². The van der Waals surface area contributed by atoms with E-state index in [1.54, 1.807) is 36.7 Å². The molecule has 270 valence electrons. The number of benzene rings is 3. The summed E-state index contributed by atoms with van der Waals surface area (Å²) in [5, 5.41) is 14.0. The number of aliphatic hydroxyl groups excluding tert-OH is 1. The second kappa shape index (κ2) is 15.5. The van der Waals surface area contributed by atoms with Crippen molar-refractivity contribution >= 4 is 16.7 Å². The number of Topliss-reactive ketones (excluding diaryl/α,β-unsaturated/α-hetero) is 1. The van der Waals surface area contributed by atoms with Crippen molar-refractivity contribution in [3.8, 4) is 34.4 Å². The zero-order valence-corrected chi connectivity index (χ0v) is 28.7. The molecule has 2 N–H and O–H groups in total. The Bertz CT molecular complexity index is 2160. The van der Waals surface area contributed by atoms with Gasteiger partial charge < -0.3 is 29.4 Å². The predicted octanol–water partition coefficient (Wildman–Crippen LogP) is 6.49. The number of ether oxygens (including phenoxy) is 4. The van der Waals surface area contributed by atoms with Crippen LogP contribution in [0.5, 0.6) is 28.7 Å². The zero-order valence-electron chi connectivity index (χ0n) is 28.7. The molecule has 2 aliphatic rings. The fourth-order valence-corrected chi connectivity index (χ4v) is 6.83. The molecule has 10 nitrogen and oxygen atoms in total. The molecule has 0 saturated heterocycles. The van der Waals surface area contributed by atoms with Gasteiger partial charge in [0.1, 0.15) is 22.9 Å². The molecule has 0 spiro atoms. The van der Waals surface area contributed by atoms with Crippen LogP contribution in [-0.4, -0.2) is 59.5 Å².